The van der Waals surface area contributed by atoms with Gasteiger partial charge in [-0.25, -0.2) is 5.01 Å². The number of carbonyl (C=O) groups is 2. The van der Waals surface area contributed by atoms with Gasteiger partial charge in [-0.15, -0.1) is 0 Å². The van der Waals surface area contributed by atoms with E-state index in [-0.39, 0.29) is 11.3 Å². The van der Waals surface area contributed by atoms with Crippen molar-refractivity contribution in [2.75, 3.05) is 14.1 Å². The number of alkyl halides is 3. The first kappa shape index (κ1) is 24.2. The van der Waals surface area contributed by atoms with Gasteiger partial charge in [0.2, 0.25) is 0 Å². The third kappa shape index (κ3) is 5.95. The lowest BCUT2D eigenvalue weighted by Crippen LogP contribution is -2.37. The van der Waals surface area contributed by atoms with E-state index in [1.807, 2.05) is 0 Å². The number of halogens is 4. The summed E-state index contributed by atoms with van der Waals surface area (Å²) in [4.78, 5) is 23.6. The van der Waals surface area contributed by atoms with Crippen LogP contribution in [0.25, 0.3) is 0 Å². The number of hydrazone groups is 1. The number of likely N-dealkylation sites (N-methyl/N-ethyl adjacent to an activating group) is 2. The van der Waals surface area contributed by atoms with Crippen LogP contribution in [0.2, 0.25) is 5.02 Å². The molecule has 166 valence electrons. The van der Waals surface area contributed by atoms with Gasteiger partial charge in [0.15, 0.2) is 0 Å². The van der Waals surface area contributed by atoms with Crippen LogP contribution in [0.3, 0.4) is 0 Å². The molecule has 0 unspecified atom stereocenters. The number of amides is 2. The summed E-state index contributed by atoms with van der Waals surface area (Å²) >= 11 is 5.88. The fourth-order valence-corrected chi connectivity index (χ4v) is 2.77. The highest BCUT2D eigenvalue weighted by molar-refractivity contribution is 7.88. The van der Waals surface area contributed by atoms with Crippen molar-refractivity contribution < 1.29 is 35.4 Å². The van der Waals surface area contributed by atoms with Crippen LogP contribution in [0.5, 0.6) is 5.75 Å². The first-order valence-corrected chi connectivity index (χ1v) is 10.1. The molecule has 0 bridgehead atoms. The Kier molecular flexibility index (Phi) is 7.28. The molecule has 2 rings (SSSR count). The smallest absolute Gasteiger partial charge is 0.376 e. The molecule has 0 radical (unpaired) electrons. The predicted octanol–water partition coefficient (Wildman–Crippen LogP) is 2.53. The van der Waals surface area contributed by atoms with E-state index in [9.17, 15) is 31.2 Å². The molecule has 2 aromatic rings. The normalized spacial score (nSPS) is 12.3. The summed E-state index contributed by atoms with van der Waals surface area (Å²) in [6.45, 7) is 0. The maximum atomic E-state index is 12.5. The van der Waals surface area contributed by atoms with Gasteiger partial charge >= 0.3 is 27.4 Å². The van der Waals surface area contributed by atoms with Gasteiger partial charge in [-0.1, -0.05) is 23.7 Å². The van der Waals surface area contributed by atoms with Gasteiger partial charge in [-0.3, -0.25) is 9.59 Å². The van der Waals surface area contributed by atoms with Gasteiger partial charge in [-0.2, -0.15) is 26.7 Å². The van der Waals surface area contributed by atoms with E-state index in [1.54, 1.807) is 24.3 Å². The van der Waals surface area contributed by atoms with Gasteiger partial charge in [0.1, 0.15) is 5.75 Å². The van der Waals surface area contributed by atoms with Crippen LogP contribution in [0, 0.1) is 0 Å². The topological polar surface area (TPSA) is 105 Å². The Hall–Kier alpha value is -3.12. The summed E-state index contributed by atoms with van der Waals surface area (Å²) in [6, 6.07) is 10.7. The molecule has 0 aliphatic heterocycles. The van der Waals surface area contributed by atoms with E-state index in [4.69, 9.17) is 11.6 Å². The number of hydrogen-bond acceptors (Lipinski definition) is 6. The van der Waals surface area contributed by atoms with Crippen LogP contribution in [-0.2, 0) is 19.7 Å². The first-order chi connectivity index (χ1) is 14.4. The summed E-state index contributed by atoms with van der Waals surface area (Å²) < 4.78 is 63.8. The van der Waals surface area contributed by atoms with Crippen molar-refractivity contribution in [3.63, 3.8) is 0 Å². The van der Waals surface area contributed by atoms with Crippen LogP contribution in [0.1, 0.15) is 11.1 Å². The zero-order valence-corrected chi connectivity index (χ0v) is 17.5. The fourth-order valence-electron chi connectivity index (χ4n) is 2.18. The highest BCUT2D eigenvalue weighted by atomic mass is 35.5. The molecule has 0 fully saturated rings. The lowest BCUT2D eigenvalue weighted by molar-refractivity contribution is -0.144. The van der Waals surface area contributed by atoms with Crippen LogP contribution < -0.4 is 9.50 Å². The van der Waals surface area contributed by atoms with Gasteiger partial charge in [-0.05, 0) is 36.4 Å². The van der Waals surface area contributed by atoms with Crippen LogP contribution in [0.15, 0.2) is 53.6 Å². The highest BCUT2D eigenvalue weighted by Gasteiger charge is 2.48. The number of carbonyl (C=O) groups excluding carboxylic acids is 2. The van der Waals surface area contributed by atoms with Gasteiger partial charge in [0.05, 0.1) is 5.71 Å². The molecule has 0 spiro atoms. The Bertz CT molecular complexity index is 1100. The number of hydrogen-bond donors (Lipinski definition) is 1. The van der Waals surface area contributed by atoms with Crippen molar-refractivity contribution in [1.29, 1.82) is 0 Å². The van der Waals surface area contributed by atoms with Crippen LogP contribution in [0.4, 0.5) is 13.2 Å². The molecule has 2 amide bonds. The second-order valence-electron chi connectivity index (χ2n) is 5.87. The van der Waals surface area contributed by atoms with E-state index < -0.39 is 33.2 Å². The van der Waals surface area contributed by atoms with Crippen molar-refractivity contribution >= 4 is 39.2 Å². The average Bonchev–Trinajstić information content (AvgIpc) is 2.71. The van der Waals surface area contributed by atoms with Gasteiger partial charge < -0.3 is 9.50 Å². The van der Waals surface area contributed by atoms with Crippen molar-refractivity contribution in [3.05, 3.63) is 64.7 Å². The standard InChI is InChI=1S/C18H15ClF3N3O5S/c1-23-16(26)17(27)25(2)24-15(11-3-7-13(19)8-4-11)12-5-9-14(10-6-12)30-31(28,29)18(20,21)22/h3-10H,1-2H3,(H,23,26)/b24-15-. The lowest BCUT2D eigenvalue weighted by atomic mass is 10.0. The Morgan fingerprint density at radius 2 is 1.52 bits per heavy atom. The fraction of sp³-hybridized carbons (Fsp3) is 0.167. The van der Waals surface area contributed by atoms with E-state index in [2.05, 4.69) is 14.6 Å². The third-order valence-corrected chi connectivity index (χ3v) is 4.93. The third-order valence-electron chi connectivity index (χ3n) is 3.70. The molecule has 0 atom stereocenters. The molecule has 13 heteroatoms. The molecule has 8 nitrogen and oxygen atoms in total. The molecule has 31 heavy (non-hydrogen) atoms. The zero-order chi connectivity index (χ0) is 23.4. The first-order valence-electron chi connectivity index (χ1n) is 8.31. The number of nitrogens with one attached hydrogen (secondary N) is 1. The van der Waals surface area contributed by atoms with E-state index in [1.165, 1.54) is 26.2 Å². The summed E-state index contributed by atoms with van der Waals surface area (Å²) in [5, 5.41) is 7.48. The number of rotatable bonds is 5. The summed E-state index contributed by atoms with van der Waals surface area (Å²) in [5.41, 5.74) is -4.68. The Balaban J connectivity index is 2.45. The maximum absolute atomic E-state index is 12.5. The van der Waals surface area contributed by atoms with Crippen molar-refractivity contribution in [2.24, 2.45) is 5.10 Å². The zero-order valence-electron chi connectivity index (χ0n) is 16.0. The van der Waals surface area contributed by atoms with E-state index in [0.717, 1.165) is 17.1 Å². The van der Waals surface area contributed by atoms with Crippen LogP contribution >= 0.6 is 11.6 Å². The number of benzene rings is 2. The minimum Gasteiger partial charge on any atom is -0.376 e. The molecular weight excluding hydrogens is 463 g/mol. The van der Waals surface area contributed by atoms with Gasteiger partial charge in [0, 0.05) is 30.2 Å². The summed E-state index contributed by atoms with van der Waals surface area (Å²) in [6.07, 6.45) is 0. The molecule has 0 saturated heterocycles. The monoisotopic (exact) mass is 477 g/mol. The molecule has 0 aliphatic carbocycles. The predicted molar refractivity (Wildman–Crippen MR) is 106 cm³/mol. The minimum absolute atomic E-state index is 0.154. The van der Waals surface area contributed by atoms with Crippen molar-refractivity contribution in [3.8, 4) is 5.75 Å². The summed E-state index contributed by atoms with van der Waals surface area (Å²) in [5.74, 6) is -2.46. The SMILES string of the molecule is CNC(=O)C(=O)N(C)/N=C(/c1ccc(Cl)cc1)c1ccc(OS(=O)(=O)C(F)(F)F)cc1. The molecule has 0 aliphatic rings. The quantitative estimate of drug-likeness (QED) is 0.234. The number of nitrogens with zero attached hydrogens (tertiary/aromatic N) is 2. The largest absolute Gasteiger partial charge is 0.534 e. The van der Waals surface area contributed by atoms with Gasteiger partial charge in [0.25, 0.3) is 0 Å². The molecule has 0 heterocycles. The Morgan fingerprint density at radius 3 is 1.97 bits per heavy atom. The lowest BCUT2D eigenvalue weighted by Gasteiger charge is -2.15. The van der Waals surface area contributed by atoms with E-state index in [0.29, 0.717) is 10.6 Å². The molecule has 0 aromatic heterocycles. The second kappa shape index (κ2) is 9.35. The summed E-state index contributed by atoms with van der Waals surface area (Å²) in [7, 11) is -3.32. The minimum atomic E-state index is -5.83. The molecule has 0 saturated carbocycles. The van der Waals surface area contributed by atoms with E-state index >= 15 is 0 Å². The second-order valence-corrected chi connectivity index (χ2v) is 7.85. The van der Waals surface area contributed by atoms with Crippen molar-refractivity contribution in [2.45, 2.75) is 5.51 Å². The Labute approximate surface area is 180 Å². The average molecular weight is 478 g/mol. The van der Waals surface area contributed by atoms with Crippen LogP contribution in [-0.4, -0.2) is 50.6 Å². The molecular formula is C18H15ClF3N3O5S. The molecule has 2 aromatic carbocycles. The highest BCUT2D eigenvalue weighted by Crippen LogP contribution is 2.27. The molecule has 1 N–H and O–H groups in total. The Morgan fingerprint density at radius 1 is 1.03 bits per heavy atom. The maximum Gasteiger partial charge on any atom is 0.534 e. The van der Waals surface area contributed by atoms with Crippen molar-refractivity contribution in [1.82, 2.24) is 10.3 Å².